The van der Waals surface area contributed by atoms with Crippen LogP contribution in [-0.4, -0.2) is 47.6 Å². The lowest BCUT2D eigenvalue weighted by atomic mass is 9.96. The molecule has 2 aromatic carbocycles. The summed E-state index contributed by atoms with van der Waals surface area (Å²) in [6.07, 6.45) is 7.40. The second kappa shape index (κ2) is 11.6. The molecule has 0 aliphatic heterocycles. The van der Waals surface area contributed by atoms with Gasteiger partial charge in [-0.15, -0.1) is 0 Å². The smallest absolute Gasteiger partial charge is 0.303 e. The molecule has 0 fully saturated rings. The van der Waals surface area contributed by atoms with Crippen molar-refractivity contribution in [2.24, 2.45) is 5.16 Å². The van der Waals surface area contributed by atoms with Gasteiger partial charge in [-0.3, -0.25) is 4.79 Å². The standard InChI is InChI=1S/C24H26FN3O5S/c1-34(31,32)21-9-5-7-19(16-21)24(27-33-13-3-2-10-23(29)30)22(28-12-11-26-17-28)15-18-6-4-8-20(25)14-18/h4-9,11-12,14,16-17,22H,2-3,10,13,15H2,1H3,(H,29,30). The minimum absolute atomic E-state index is 0.0353. The monoisotopic (exact) mass is 487 g/mol. The molecule has 8 nitrogen and oxygen atoms in total. The summed E-state index contributed by atoms with van der Waals surface area (Å²) in [5, 5.41) is 13.1. The van der Waals surface area contributed by atoms with E-state index in [4.69, 9.17) is 9.94 Å². The number of aliphatic carboxylic acids is 1. The fourth-order valence-corrected chi connectivity index (χ4v) is 4.10. The van der Waals surface area contributed by atoms with Gasteiger partial charge in [-0.25, -0.2) is 17.8 Å². The summed E-state index contributed by atoms with van der Waals surface area (Å²) in [5.41, 5.74) is 1.68. The van der Waals surface area contributed by atoms with Crippen LogP contribution in [0.2, 0.25) is 0 Å². The van der Waals surface area contributed by atoms with Gasteiger partial charge in [0.15, 0.2) is 9.84 Å². The van der Waals surface area contributed by atoms with Crippen LogP contribution in [-0.2, 0) is 25.9 Å². The summed E-state index contributed by atoms with van der Waals surface area (Å²) in [5.74, 6) is -1.24. The molecular formula is C24H26FN3O5S. The van der Waals surface area contributed by atoms with Gasteiger partial charge >= 0.3 is 5.97 Å². The second-order valence-corrected chi connectivity index (χ2v) is 9.84. The Labute approximate surface area is 197 Å². The fraction of sp³-hybridized carbons (Fsp3) is 0.292. The average molecular weight is 488 g/mol. The first-order valence-corrected chi connectivity index (χ1v) is 12.6. The highest BCUT2D eigenvalue weighted by Crippen LogP contribution is 2.23. The number of carbonyl (C=O) groups is 1. The molecule has 10 heteroatoms. The highest BCUT2D eigenvalue weighted by atomic mass is 32.2. The van der Waals surface area contributed by atoms with Crippen LogP contribution in [0, 0.1) is 5.82 Å². The van der Waals surface area contributed by atoms with Crippen molar-refractivity contribution in [3.63, 3.8) is 0 Å². The summed E-state index contributed by atoms with van der Waals surface area (Å²) in [6.45, 7) is 0.194. The third kappa shape index (κ3) is 7.24. The average Bonchev–Trinajstić information content (AvgIpc) is 3.31. The predicted molar refractivity (Wildman–Crippen MR) is 125 cm³/mol. The number of hydrogen-bond acceptors (Lipinski definition) is 6. The number of hydrogen-bond donors (Lipinski definition) is 1. The van der Waals surface area contributed by atoms with Crippen LogP contribution in [0.3, 0.4) is 0 Å². The zero-order valence-corrected chi connectivity index (χ0v) is 19.5. The van der Waals surface area contributed by atoms with Crippen molar-refractivity contribution in [1.82, 2.24) is 9.55 Å². The Morgan fingerprint density at radius 1 is 1.21 bits per heavy atom. The number of unbranched alkanes of at least 4 members (excludes halogenated alkanes) is 1. The predicted octanol–water partition coefficient (Wildman–Crippen LogP) is 3.89. The van der Waals surface area contributed by atoms with Crippen molar-refractivity contribution in [2.45, 2.75) is 36.6 Å². The third-order valence-corrected chi connectivity index (χ3v) is 6.23. The van der Waals surface area contributed by atoms with E-state index in [-0.39, 0.29) is 23.7 Å². The lowest BCUT2D eigenvalue weighted by molar-refractivity contribution is -0.137. The Morgan fingerprint density at radius 2 is 2.00 bits per heavy atom. The van der Waals surface area contributed by atoms with E-state index in [0.29, 0.717) is 36.1 Å². The van der Waals surface area contributed by atoms with Crippen molar-refractivity contribution in [2.75, 3.05) is 12.9 Å². The number of imidazole rings is 1. The van der Waals surface area contributed by atoms with Gasteiger partial charge in [0.25, 0.3) is 0 Å². The Morgan fingerprint density at radius 3 is 2.68 bits per heavy atom. The highest BCUT2D eigenvalue weighted by molar-refractivity contribution is 7.90. The number of nitrogens with zero attached hydrogens (tertiary/aromatic N) is 3. The van der Waals surface area contributed by atoms with Crippen LogP contribution in [0.5, 0.6) is 0 Å². The molecule has 34 heavy (non-hydrogen) atoms. The van der Waals surface area contributed by atoms with Gasteiger partial charge in [0.2, 0.25) is 0 Å². The number of halogens is 1. The number of rotatable bonds is 12. The molecule has 1 atom stereocenters. The molecule has 1 aromatic heterocycles. The zero-order chi connectivity index (χ0) is 24.6. The van der Waals surface area contributed by atoms with Crippen molar-refractivity contribution in [3.8, 4) is 0 Å². The second-order valence-electron chi connectivity index (χ2n) is 7.82. The molecule has 1 heterocycles. The van der Waals surface area contributed by atoms with Crippen molar-refractivity contribution < 1.29 is 27.5 Å². The van der Waals surface area contributed by atoms with Crippen molar-refractivity contribution >= 4 is 21.5 Å². The SMILES string of the molecule is CS(=O)(=O)c1cccc(C(=NOCCCCC(=O)O)C(Cc2cccc(F)c2)n2ccnc2)c1. The Hall–Kier alpha value is -3.53. The number of carboxylic acids is 1. The Bertz CT molecular complexity index is 1240. The molecule has 0 saturated carbocycles. The van der Waals surface area contributed by atoms with Gasteiger partial charge in [0.05, 0.1) is 17.3 Å². The minimum atomic E-state index is -3.46. The number of carboxylic acid groups (broad SMARTS) is 1. The molecule has 0 spiro atoms. The lowest BCUT2D eigenvalue weighted by Gasteiger charge is -2.21. The van der Waals surface area contributed by atoms with Crippen LogP contribution >= 0.6 is 0 Å². The fourth-order valence-electron chi connectivity index (χ4n) is 3.43. The van der Waals surface area contributed by atoms with Crippen LogP contribution in [0.15, 0.2) is 77.3 Å². The molecule has 0 radical (unpaired) electrons. The van der Waals surface area contributed by atoms with E-state index in [1.165, 1.54) is 24.3 Å². The van der Waals surface area contributed by atoms with Crippen LogP contribution in [0.25, 0.3) is 0 Å². The van der Waals surface area contributed by atoms with E-state index in [9.17, 15) is 17.6 Å². The first-order chi connectivity index (χ1) is 16.2. The van der Waals surface area contributed by atoms with Gasteiger partial charge in [-0.2, -0.15) is 0 Å². The van der Waals surface area contributed by atoms with Gasteiger partial charge in [0, 0.05) is 30.6 Å². The summed E-state index contributed by atoms with van der Waals surface area (Å²) in [7, 11) is -3.46. The van der Waals surface area contributed by atoms with E-state index in [0.717, 1.165) is 6.26 Å². The maximum absolute atomic E-state index is 13.9. The van der Waals surface area contributed by atoms with Crippen LogP contribution < -0.4 is 0 Å². The lowest BCUT2D eigenvalue weighted by Crippen LogP contribution is -2.23. The zero-order valence-electron chi connectivity index (χ0n) is 18.7. The summed E-state index contributed by atoms with van der Waals surface area (Å²) < 4.78 is 40.0. The minimum Gasteiger partial charge on any atom is -0.481 e. The molecule has 0 aliphatic carbocycles. The molecule has 0 aliphatic rings. The summed E-state index contributed by atoms with van der Waals surface area (Å²) in [6, 6.07) is 12.1. The normalized spacial score (nSPS) is 12.9. The topological polar surface area (TPSA) is 111 Å². The number of sulfone groups is 1. The number of oxime groups is 1. The molecule has 180 valence electrons. The van der Waals surface area contributed by atoms with Crippen LogP contribution in [0.4, 0.5) is 4.39 Å². The first-order valence-electron chi connectivity index (χ1n) is 10.7. The molecule has 0 saturated heterocycles. The highest BCUT2D eigenvalue weighted by Gasteiger charge is 2.23. The van der Waals surface area contributed by atoms with Crippen molar-refractivity contribution in [1.29, 1.82) is 0 Å². The van der Waals surface area contributed by atoms with E-state index in [1.807, 2.05) is 0 Å². The molecule has 1 N–H and O–H groups in total. The first kappa shape index (κ1) is 25.1. The Balaban J connectivity index is 1.98. The molecule has 3 rings (SSSR count). The van der Waals surface area contributed by atoms with E-state index in [2.05, 4.69) is 10.1 Å². The third-order valence-electron chi connectivity index (χ3n) is 5.12. The van der Waals surface area contributed by atoms with Crippen LogP contribution in [0.1, 0.15) is 36.4 Å². The van der Waals surface area contributed by atoms with E-state index in [1.54, 1.807) is 47.6 Å². The van der Waals surface area contributed by atoms with Gasteiger partial charge < -0.3 is 14.5 Å². The van der Waals surface area contributed by atoms with Gasteiger partial charge in [-0.1, -0.05) is 29.4 Å². The molecule has 0 bridgehead atoms. The largest absolute Gasteiger partial charge is 0.481 e. The van der Waals surface area contributed by atoms with Gasteiger partial charge in [0.1, 0.15) is 18.1 Å². The molecule has 3 aromatic rings. The van der Waals surface area contributed by atoms with Gasteiger partial charge in [-0.05, 0) is 49.1 Å². The van der Waals surface area contributed by atoms with E-state index < -0.39 is 21.8 Å². The Kier molecular flexibility index (Phi) is 8.53. The van der Waals surface area contributed by atoms with E-state index >= 15 is 0 Å². The molecule has 0 amide bonds. The summed E-state index contributed by atoms with van der Waals surface area (Å²) >= 11 is 0. The number of aromatic nitrogens is 2. The number of benzene rings is 2. The summed E-state index contributed by atoms with van der Waals surface area (Å²) in [4.78, 5) is 20.5. The van der Waals surface area contributed by atoms with Crippen molar-refractivity contribution in [3.05, 3.63) is 84.2 Å². The molecule has 1 unspecified atom stereocenters. The quantitative estimate of drug-likeness (QED) is 0.236. The maximum Gasteiger partial charge on any atom is 0.303 e. The maximum atomic E-state index is 13.9. The molecular weight excluding hydrogens is 461 g/mol.